The number of epoxide rings is 1. The molecule has 0 aliphatic carbocycles. The Morgan fingerprint density at radius 3 is 2.60 bits per heavy atom. The fraction of sp³-hybridized carbons (Fsp3) is 0.611. The first-order valence-electron chi connectivity index (χ1n) is 16.8. The zero-order chi connectivity index (χ0) is 37.1. The third-order valence-electron chi connectivity index (χ3n) is 9.99. The first-order valence-corrected chi connectivity index (χ1v) is 17.2. The van der Waals surface area contributed by atoms with Crippen LogP contribution in [0, 0.1) is 5.92 Å². The number of hydrogen-bond donors (Lipinski definition) is 2. The second-order valence-electron chi connectivity index (χ2n) is 13.7. The van der Waals surface area contributed by atoms with Crippen LogP contribution in [0.3, 0.4) is 0 Å². The van der Waals surface area contributed by atoms with E-state index in [0.29, 0.717) is 24.3 Å². The van der Waals surface area contributed by atoms with Gasteiger partial charge in [0.15, 0.2) is 5.72 Å². The highest BCUT2D eigenvalue weighted by Crippen LogP contribution is 2.49. The molecule has 3 amide bonds. The maximum absolute atomic E-state index is 14.0. The van der Waals surface area contributed by atoms with Gasteiger partial charge in [-0.2, -0.15) is 0 Å². The zero-order valence-corrected chi connectivity index (χ0v) is 31.0. The number of methoxy groups -OCH3 is 2. The van der Waals surface area contributed by atoms with Gasteiger partial charge in [0, 0.05) is 40.0 Å². The summed E-state index contributed by atoms with van der Waals surface area (Å²) in [5.41, 5.74) is -0.868. The summed E-state index contributed by atoms with van der Waals surface area (Å²) in [5.74, 6) is -1.49. The fourth-order valence-electron chi connectivity index (χ4n) is 6.61. The molecular weight excluding hydrogens is 670 g/mol. The van der Waals surface area contributed by atoms with Crippen LogP contribution in [0.15, 0.2) is 35.9 Å². The van der Waals surface area contributed by atoms with Crippen molar-refractivity contribution in [2.45, 2.75) is 109 Å². The van der Waals surface area contributed by atoms with Crippen molar-refractivity contribution in [1.82, 2.24) is 10.2 Å². The minimum atomic E-state index is -1.82. The Morgan fingerprint density at radius 2 is 1.96 bits per heavy atom. The molecule has 14 heteroatoms. The number of esters is 1. The molecule has 4 rings (SSSR count). The average Bonchev–Trinajstić information content (AvgIpc) is 3.76. The maximum Gasteiger partial charge on any atom is 0.409 e. The Bertz CT molecular complexity index is 1530. The predicted octanol–water partition coefficient (Wildman–Crippen LogP) is 4.31. The van der Waals surface area contributed by atoms with Gasteiger partial charge in [0.1, 0.15) is 40.7 Å². The van der Waals surface area contributed by atoms with Crippen LogP contribution in [-0.2, 0) is 39.8 Å². The number of amides is 3. The fourth-order valence-corrected chi connectivity index (χ4v) is 6.92. The number of anilines is 1. The van der Waals surface area contributed by atoms with Crippen LogP contribution in [-0.4, -0.2) is 104 Å². The molecule has 2 saturated heterocycles. The predicted molar refractivity (Wildman–Crippen MR) is 186 cm³/mol. The quantitative estimate of drug-likeness (QED) is 0.308. The van der Waals surface area contributed by atoms with E-state index in [-0.39, 0.29) is 30.2 Å². The van der Waals surface area contributed by atoms with Crippen LogP contribution in [0.1, 0.15) is 65.9 Å². The number of alkyl carbamates (subject to hydrolysis) is 1. The number of aliphatic hydroxyl groups is 1. The molecule has 0 saturated carbocycles. The monoisotopic (exact) mass is 719 g/mol. The minimum absolute atomic E-state index is 0.0426. The van der Waals surface area contributed by atoms with Crippen LogP contribution in [0.5, 0.6) is 5.75 Å². The number of nitrogens with zero attached hydrogens (tertiary/aromatic N) is 2. The Hall–Kier alpha value is -3.65. The lowest BCUT2D eigenvalue weighted by Crippen LogP contribution is -2.63. The molecule has 50 heavy (non-hydrogen) atoms. The highest BCUT2D eigenvalue weighted by atomic mass is 35.5. The third kappa shape index (κ3) is 8.28. The van der Waals surface area contributed by atoms with Crippen molar-refractivity contribution in [3.05, 3.63) is 46.5 Å². The second kappa shape index (κ2) is 15.7. The van der Waals surface area contributed by atoms with Crippen molar-refractivity contribution in [2.24, 2.45) is 5.92 Å². The van der Waals surface area contributed by atoms with Gasteiger partial charge >= 0.3 is 12.1 Å². The molecule has 3 aliphatic heterocycles. The van der Waals surface area contributed by atoms with E-state index < -0.39 is 65.7 Å². The number of ether oxygens (including phenoxy) is 5. The number of hydrogen-bond acceptors (Lipinski definition) is 10. The molecule has 1 aromatic carbocycles. The van der Waals surface area contributed by atoms with E-state index in [4.69, 9.17) is 35.3 Å². The lowest BCUT2D eigenvalue weighted by molar-refractivity contribution is -0.162. The molecule has 4 bridgehead atoms. The largest absolute Gasteiger partial charge is 0.495 e. The second-order valence-corrected chi connectivity index (χ2v) is 14.0. The van der Waals surface area contributed by atoms with Gasteiger partial charge in [0.05, 0.1) is 25.3 Å². The minimum Gasteiger partial charge on any atom is -0.495 e. The smallest absolute Gasteiger partial charge is 0.409 e. The maximum atomic E-state index is 14.0. The summed E-state index contributed by atoms with van der Waals surface area (Å²) in [5, 5.41) is 14.4. The van der Waals surface area contributed by atoms with Crippen LogP contribution in [0.2, 0.25) is 5.02 Å². The normalized spacial score (nSPS) is 32.3. The van der Waals surface area contributed by atoms with Gasteiger partial charge in [-0.1, -0.05) is 49.2 Å². The average molecular weight is 720 g/mol. The standard InChI is InChI=1S/C36H50ClN3O10/c1-10-12-29(41)39(6)22(4)33(43)49-28-18-30(42)40(7)24-16-23(17-25(46-8)31(24)37)15-20(2)13-11-14-27(47-9)36(45)19-26(48-34(44)38-36)21(3)32-35(28,5)50-32/h11,13-14,16-17,21-22,26-28,32,45H,10,12,15,18-19H2,1-9H3,(H,38,44)/b14-11+,20-13+/t21?,22-,26?,27?,28?,32?,35?,36?/m0/s1. The van der Waals surface area contributed by atoms with E-state index in [9.17, 15) is 24.3 Å². The molecule has 8 atom stereocenters. The van der Waals surface area contributed by atoms with Gasteiger partial charge < -0.3 is 38.6 Å². The molecule has 2 fully saturated rings. The molecule has 276 valence electrons. The number of allylic oxidation sites excluding steroid dienone is 3. The summed E-state index contributed by atoms with van der Waals surface area (Å²) in [7, 11) is 6.03. The highest BCUT2D eigenvalue weighted by molar-refractivity contribution is 6.35. The first-order chi connectivity index (χ1) is 23.5. The molecule has 2 N–H and O–H groups in total. The van der Waals surface area contributed by atoms with E-state index in [1.807, 2.05) is 19.9 Å². The summed E-state index contributed by atoms with van der Waals surface area (Å²) in [6, 6.07) is 2.65. The Morgan fingerprint density at radius 1 is 1.26 bits per heavy atom. The number of nitrogens with one attached hydrogen (secondary N) is 1. The number of rotatable bonds is 7. The summed E-state index contributed by atoms with van der Waals surface area (Å²) in [6.07, 6.45) is 1.91. The number of halogens is 1. The number of carbonyl (C=O) groups is 4. The van der Waals surface area contributed by atoms with Crippen molar-refractivity contribution in [3.8, 4) is 5.75 Å². The lowest BCUT2D eigenvalue weighted by Gasteiger charge is -2.42. The van der Waals surface area contributed by atoms with E-state index in [1.165, 1.54) is 31.1 Å². The van der Waals surface area contributed by atoms with E-state index in [1.54, 1.807) is 52.1 Å². The van der Waals surface area contributed by atoms with Crippen molar-refractivity contribution >= 4 is 41.2 Å². The SMILES string of the molecule is CCCC(=O)N(C)[C@@H](C)C(=O)OC1CC(=O)N(C)c2cc(cc(OC)c2Cl)C/C(C)=C/C=C/C(OC)C2(O)CC(OC(=O)N2)C(C)C2OC12C. The molecule has 0 aromatic heterocycles. The van der Waals surface area contributed by atoms with Gasteiger partial charge in [0.25, 0.3) is 0 Å². The van der Waals surface area contributed by atoms with Gasteiger partial charge in [-0.05, 0) is 51.3 Å². The van der Waals surface area contributed by atoms with Crippen molar-refractivity contribution in [2.75, 3.05) is 33.2 Å². The van der Waals surface area contributed by atoms with E-state index in [2.05, 4.69) is 5.32 Å². The first kappa shape index (κ1) is 39.1. The number of benzene rings is 1. The van der Waals surface area contributed by atoms with E-state index >= 15 is 0 Å². The number of likely N-dealkylation sites (N-methyl/N-ethyl adjacent to an activating group) is 1. The lowest BCUT2D eigenvalue weighted by atomic mass is 9.83. The molecule has 1 aromatic rings. The Balaban J connectivity index is 1.78. The number of carbonyl (C=O) groups excluding carboxylic acids is 4. The summed E-state index contributed by atoms with van der Waals surface area (Å²) in [6.45, 7) is 8.88. The molecule has 0 radical (unpaired) electrons. The van der Waals surface area contributed by atoms with Crippen molar-refractivity contribution < 1.29 is 48.0 Å². The molecule has 0 spiro atoms. The van der Waals surface area contributed by atoms with Gasteiger partial charge in [-0.15, -0.1) is 0 Å². The number of fused-ring (bicyclic) bond motifs is 5. The summed E-state index contributed by atoms with van der Waals surface area (Å²) in [4.78, 5) is 55.7. The molecule has 3 heterocycles. The van der Waals surface area contributed by atoms with Gasteiger partial charge in [0.2, 0.25) is 11.8 Å². The summed E-state index contributed by atoms with van der Waals surface area (Å²) < 4.78 is 29.1. The van der Waals surface area contributed by atoms with Crippen molar-refractivity contribution in [3.63, 3.8) is 0 Å². The van der Waals surface area contributed by atoms with Crippen LogP contribution < -0.4 is 15.0 Å². The van der Waals surface area contributed by atoms with Crippen LogP contribution in [0.4, 0.5) is 10.5 Å². The molecule has 7 unspecified atom stereocenters. The zero-order valence-electron chi connectivity index (χ0n) is 30.3. The van der Waals surface area contributed by atoms with E-state index in [0.717, 1.165) is 11.1 Å². The van der Waals surface area contributed by atoms with Crippen LogP contribution >= 0.6 is 11.6 Å². The summed E-state index contributed by atoms with van der Waals surface area (Å²) >= 11 is 6.74. The molecular formula is C36H50ClN3O10. The molecule has 3 aliphatic rings. The Labute approximate surface area is 298 Å². The Kier molecular flexibility index (Phi) is 12.3. The topological polar surface area (TPSA) is 156 Å². The molecule has 13 nitrogen and oxygen atoms in total. The van der Waals surface area contributed by atoms with Gasteiger partial charge in [-0.25, -0.2) is 9.59 Å². The van der Waals surface area contributed by atoms with Crippen LogP contribution in [0.25, 0.3) is 0 Å². The highest BCUT2D eigenvalue weighted by Gasteiger charge is 2.64. The van der Waals surface area contributed by atoms with Gasteiger partial charge in [-0.3, -0.25) is 14.9 Å². The van der Waals surface area contributed by atoms with Crippen molar-refractivity contribution in [1.29, 1.82) is 0 Å². The third-order valence-corrected chi connectivity index (χ3v) is 10.4.